The number of carbonyl (C=O) groups is 1. The Hall–Kier alpha value is -5.04. The number of nitrogens with two attached hydrogens (primary N) is 1. The summed E-state index contributed by atoms with van der Waals surface area (Å²) in [6.07, 6.45) is 12.2. The Morgan fingerprint density at radius 3 is 2.68 bits per heavy atom. The van der Waals surface area contributed by atoms with Crippen LogP contribution in [0.2, 0.25) is 0 Å². The third-order valence-corrected chi connectivity index (χ3v) is 6.61. The van der Waals surface area contributed by atoms with Gasteiger partial charge in [-0.1, -0.05) is 6.07 Å². The van der Waals surface area contributed by atoms with Gasteiger partial charge in [-0.3, -0.25) is 14.8 Å². The molecule has 0 unspecified atom stereocenters. The van der Waals surface area contributed by atoms with Gasteiger partial charge in [0.1, 0.15) is 11.9 Å². The van der Waals surface area contributed by atoms with E-state index in [2.05, 4.69) is 26.0 Å². The Bertz CT molecular complexity index is 1540. The molecule has 4 aromatic heterocycles. The second-order valence-corrected chi connectivity index (χ2v) is 8.93. The monoisotopic (exact) mass is 505 g/mol. The van der Waals surface area contributed by atoms with Crippen LogP contribution in [-0.2, 0) is 11.2 Å². The summed E-state index contributed by atoms with van der Waals surface area (Å²) >= 11 is 0. The molecule has 190 valence electrons. The van der Waals surface area contributed by atoms with Crippen LogP contribution in [0.5, 0.6) is 0 Å². The van der Waals surface area contributed by atoms with Crippen LogP contribution in [0.3, 0.4) is 0 Å². The Labute approximate surface area is 220 Å². The first kappa shape index (κ1) is 24.6. The zero-order valence-corrected chi connectivity index (χ0v) is 21.0. The first-order valence-electron chi connectivity index (χ1n) is 12.2. The molecule has 0 spiro atoms. The maximum absolute atomic E-state index is 12.7. The Kier molecular flexibility index (Phi) is 7.08. The lowest BCUT2D eigenvalue weighted by Gasteiger charge is -2.35. The van der Waals surface area contributed by atoms with E-state index in [0.29, 0.717) is 43.7 Å². The molecule has 5 heterocycles. The average molecular weight is 506 g/mol. The molecular weight excluding hydrogens is 478 g/mol. The number of pyridine rings is 3. The molecule has 0 atom stereocenters. The van der Waals surface area contributed by atoms with Crippen molar-refractivity contribution in [2.24, 2.45) is 10.7 Å². The number of hydrogen-bond donors (Lipinski definition) is 1. The smallest absolute Gasteiger partial charge is 0.227 e. The number of anilines is 1. The fraction of sp³-hybridized carbons (Fsp3) is 0.214. The Balaban J connectivity index is 1.35. The van der Waals surface area contributed by atoms with Crippen LogP contribution in [-0.4, -0.2) is 69.8 Å². The normalized spacial score (nSPS) is 14.3. The number of hydrogen-bond acceptors (Lipinski definition) is 8. The lowest BCUT2D eigenvalue weighted by molar-refractivity contribution is -0.130. The van der Waals surface area contributed by atoms with E-state index in [4.69, 9.17) is 10.7 Å². The van der Waals surface area contributed by atoms with Crippen LogP contribution < -0.4 is 10.6 Å². The fourth-order valence-corrected chi connectivity index (χ4v) is 4.64. The van der Waals surface area contributed by atoms with Crippen LogP contribution in [0.4, 0.5) is 5.82 Å². The standard InChI is InChI=1S/C28H27N9O/c1-31-16-23(13-29)22-12-25(28-24(14-30)18-34-37(28)19-22)21-4-5-26(33-17-21)35-7-9-36(10-8-35)27(38)11-20-3-2-6-32-15-20/h2-6,12-13,15-19H,7-11,29H2,1H3. The number of nitriles is 1. The number of carbonyl (C=O) groups excluding carboxylic acids is 1. The van der Waals surface area contributed by atoms with E-state index in [1.165, 1.54) is 6.20 Å². The molecule has 0 aliphatic carbocycles. The van der Waals surface area contributed by atoms with Crippen molar-refractivity contribution in [1.82, 2.24) is 24.5 Å². The summed E-state index contributed by atoms with van der Waals surface area (Å²) in [5, 5.41) is 14.0. The highest BCUT2D eigenvalue weighted by atomic mass is 16.2. The topological polar surface area (TPSA) is 129 Å². The summed E-state index contributed by atoms with van der Waals surface area (Å²) in [5.41, 5.74) is 11.2. The lowest BCUT2D eigenvalue weighted by Crippen LogP contribution is -2.49. The molecule has 1 amide bonds. The van der Waals surface area contributed by atoms with Crippen LogP contribution in [0.25, 0.3) is 22.2 Å². The van der Waals surface area contributed by atoms with E-state index in [-0.39, 0.29) is 5.91 Å². The molecule has 1 saturated heterocycles. The van der Waals surface area contributed by atoms with Gasteiger partial charge in [0.15, 0.2) is 0 Å². The average Bonchev–Trinajstić information content (AvgIpc) is 3.39. The lowest BCUT2D eigenvalue weighted by atomic mass is 10.0. The summed E-state index contributed by atoms with van der Waals surface area (Å²) in [5.74, 6) is 0.952. The summed E-state index contributed by atoms with van der Waals surface area (Å²) in [6, 6.07) is 11.9. The predicted octanol–water partition coefficient (Wildman–Crippen LogP) is 2.55. The van der Waals surface area contributed by atoms with Gasteiger partial charge in [-0.25, -0.2) is 9.50 Å². The van der Waals surface area contributed by atoms with Gasteiger partial charge in [0, 0.05) is 92.7 Å². The second-order valence-electron chi connectivity index (χ2n) is 8.93. The van der Waals surface area contributed by atoms with Gasteiger partial charge < -0.3 is 15.5 Å². The third kappa shape index (κ3) is 4.95. The first-order chi connectivity index (χ1) is 18.6. The minimum atomic E-state index is 0.109. The molecule has 1 aliphatic rings. The molecular formula is C28H27N9O. The largest absolute Gasteiger partial charge is 0.404 e. The molecule has 10 heteroatoms. The van der Waals surface area contributed by atoms with Crippen molar-refractivity contribution in [2.45, 2.75) is 6.42 Å². The van der Waals surface area contributed by atoms with E-state index in [0.717, 1.165) is 33.6 Å². The number of aromatic nitrogens is 4. The number of fused-ring (bicyclic) bond motifs is 1. The molecule has 10 nitrogen and oxygen atoms in total. The van der Waals surface area contributed by atoms with Crippen LogP contribution >= 0.6 is 0 Å². The van der Waals surface area contributed by atoms with Crippen LogP contribution in [0.15, 0.2) is 72.5 Å². The SMILES string of the molecule is CN=CC(=CN)c1cc(-c2ccc(N3CCN(C(=O)Cc4cccnc4)CC3)nc2)c2c(C#N)cnn2c1. The number of amides is 1. The third-order valence-electron chi connectivity index (χ3n) is 6.61. The zero-order chi connectivity index (χ0) is 26.5. The number of rotatable bonds is 6. The minimum absolute atomic E-state index is 0.109. The van der Waals surface area contributed by atoms with Crippen molar-refractivity contribution in [3.63, 3.8) is 0 Å². The molecule has 1 fully saturated rings. The fourth-order valence-electron chi connectivity index (χ4n) is 4.64. The van der Waals surface area contributed by atoms with Gasteiger partial charge in [0.05, 0.1) is 23.7 Å². The van der Waals surface area contributed by atoms with E-state index >= 15 is 0 Å². The van der Waals surface area contributed by atoms with Crippen molar-refractivity contribution < 1.29 is 4.79 Å². The Morgan fingerprint density at radius 1 is 1.18 bits per heavy atom. The van der Waals surface area contributed by atoms with E-state index < -0.39 is 0 Å². The highest BCUT2D eigenvalue weighted by Gasteiger charge is 2.22. The zero-order valence-electron chi connectivity index (χ0n) is 21.0. The second kappa shape index (κ2) is 10.9. The number of nitrogens with zero attached hydrogens (tertiary/aromatic N) is 8. The molecule has 5 rings (SSSR count). The molecule has 0 bridgehead atoms. The number of piperazine rings is 1. The maximum Gasteiger partial charge on any atom is 0.227 e. The Morgan fingerprint density at radius 2 is 2.03 bits per heavy atom. The van der Waals surface area contributed by atoms with E-state index in [9.17, 15) is 10.1 Å². The molecule has 2 N–H and O–H groups in total. The van der Waals surface area contributed by atoms with Crippen molar-refractivity contribution >= 4 is 29.0 Å². The molecule has 0 aromatic carbocycles. The van der Waals surface area contributed by atoms with E-state index in [1.807, 2.05) is 47.6 Å². The van der Waals surface area contributed by atoms with Gasteiger partial charge >= 0.3 is 0 Å². The molecule has 0 radical (unpaired) electrons. The number of aliphatic imine (C=N–C) groups is 1. The first-order valence-corrected chi connectivity index (χ1v) is 12.2. The minimum Gasteiger partial charge on any atom is -0.404 e. The molecule has 4 aromatic rings. The van der Waals surface area contributed by atoms with Crippen molar-refractivity contribution in [2.75, 3.05) is 38.1 Å². The molecule has 38 heavy (non-hydrogen) atoms. The summed E-state index contributed by atoms with van der Waals surface area (Å²) in [6.45, 7) is 2.68. The van der Waals surface area contributed by atoms with Crippen molar-refractivity contribution in [3.05, 3.63) is 84.2 Å². The maximum atomic E-state index is 12.7. The summed E-state index contributed by atoms with van der Waals surface area (Å²) in [7, 11) is 1.68. The quantitative estimate of drug-likeness (QED) is 0.399. The highest BCUT2D eigenvalue weighted by Crippen LogP contribution is 2.30. The highest BCUT2D eigenvalue weighted by molar-refractivity contribution is 6.10. The van der Waals surface area contributed by atoms with Crippen LogP contribution in [0.1, 0.15) is 16.7 Å². The van der Waals surface area contributed by atoms with Crippen LogP contribution in [0, 0.1) is 11.3 Å². The molecule has 0 saturated carbocycles. The van der Waals surface area contributed by atoms with Gasteiger partial charge in [0.2, 0.25) is 5.91 Å². The summed E-state index contributed by atoms with van der Waals surface area (Å²) < 4.78 is 1.69. The summed E-state index contributed by atoms with van der Waals surface area (Å²) in [4.78, 5) is 29.7. The molecule has 1 aliphatic heterocycles. The van der Waals surface area contributed by atoms with Gasteiger partial charge in [-0.2, -0.15) is 10.4 Å². The predicted molar refractivity (Wildman–Crippen MR) is 146 cm³/mol. The van der Waals surface area contributed by atoms with Gasteiger partial charge in [-0.15, -0.1) is 0 Å². The van der Waals surface area contributed by atoms with E-state index in [1.54, 1.807) is 36.4 Å². The van der Waals surface area contributed by atoms with Gasteiger partial charge in [0.25, 0.3) is 0 Å². The number of allylic oxidation sites excluding steroid dienone is 1. The van der Waals surface area contributed by atoms with Crippen molar-refractivity contribution in [1.29, 1.82) is 5.26 Å². The van der Waals surface area contributed by atoms with Gasteiger partial charge in [-0.05, 0) is 29.8 Å². The van der Waals surface area contributed by atoms with Crippen molar-refractivity contribution in [3.8, 4) is 17.2 Å².